The number of hydrogen-bond donors (Lipinski definition) is 0. The highest BCUT2D eigenvalue weighted by Gasteiger charge is 2.64. The smallest absolute Gasteiger partial charge is 0.335 e. The van der Waals surface area contributed by atoms with Crippen molar-refractivity contribution >= 4 is 11.6 Å². The highest BCUT2D eigenvalue weighted by Crippen LogP contribution is 2.37. The van der Waals surface area contributed by atoms with Crippen LogP contribution in [-0.4, -0.2) is 25.0 Å². The van der Waals surface area contributed by atoms with Crippen molar-refractivity contribution in [3.05, 3.63) is 66.2 Å². The standard InChI is InChI=1S/C17H15F4NO2/c1-24-16(18,17(19,20)21)15(23)22(14-10-6-3-7-11-14)12-13-8-4-2-5-9-13/h2-11H,12H2,1H3. The van der Waals surface area contributed by atoms with Crippen LogP contribution in [0.4, 0.5) is 23.2 Å². The summed E-state index contributed by atoms with van der Waals surface area (Å²) in [6.07, 6.45) is -5.50. The first-order valence-electron chi connectivity index (χ1n) is 7.01. The van der Waals surface area contributed by atoms with Gasteiger partial charge in [0, 0.05) is 12.8 Å². The van der Waals surface area contributed by atoms with Crippen molar-refractivity contribution in [1.82, 2.24) is 0 Å². The molecule has 24 heavy (non-hydrogen) atoms. The Morgan fingerprint density at radius 3 is 1.92 bits per heavy atom. The van der Waals surface area contributed by atoms with E-state index >= 15 is 0 Å². The van der Waals surface area contributed by atoms with Gasteiger partial charge in [0.2, 0.25) is 0 Å². The van der Waals surface area contributed by atoms with Crippen LogP contribution >= 0.6 is 0 Å². The Balaban J connectivity index is 2.44. The van der Waals surface area contributed by atoms with Gasteiger partial charge in [-0.05, 0) is 17.7 Å². The third kappa shape index (κ3) is 3.56. The third-order valence-electron chi connectivity index (χ3n) is 3.42. The fraction of sp³-hybridized carbons (Fsp3) is 0.235. The molecule has 0 aromatic heterocycles. The zero-order chi connectivity index (χ0) is 17.8. The van der Waals surface area contributed by atoms with E-state index in [1.165, 1.54) is 12.1 Å². The Morgan fingerprint density at radius 1 is 0.958 bits per heavy atom. The lowest BCUT2D eigenvalue weighted by Gasteiger charge is -2.31. The fourth-order valence-corrected chi connectivity index (χ4v) is 2.15. The van der Waals surface area contributed by atoms with Crippen LogP contribution in [0.3, 0.4) is 0 Å². The van der Waals surface area contributed by atoms with Crippen LogP contribution in [0.15, 0.2) is 60.7 Å². The molecule has 128 valence electrons. The Bertz CT molecular complexity index is 676. The number of hydrogen-bond acceptors (Lipinski definition) is 2. The molecule has 3 nitrogen and oxygen atoms in total. The average molecular weight is 341 g/mol. The van der Waals surface area contributed by atoms with Gasteiger partial charge in [-0.2, -0.15) is 17.6 Å². The largest absolute Gasteiger partial charge is 0.458 e. The molecule has 7 heteroatoms. The van der Waals surface area contributed by atoms with E-state index in [0.29, 0.717) is 17.6 Å². The first-order valence-corrected chi connectivity index (χ1v) is 7.01. The molecular formula is C17H15F4NO2. The average Bonchev–Trinajstić information content (AvgIpc) is 2.59. The normalized spacial score (nSPS) is 14.0. The molecule has 0 fully saturated rings. The van der Waals surface area contributed by atoms with Gasteiger partial charge in [0.1, 0.15) is 0 Å². The molecule has 0 saturated carbocycles. The zero-order valence-corrected chi connectivity index (χ0v) is 12.8. The minimum Gasteiger partial charge on any atom is -0.335 e. The topological polar surface area (TPSA) is 29.5 Å². The maximum Gasteiger partial charge on any atom is 0.458 e. The number of anilines is 1. The van der Waals surface area contributed by atoms with Crippen molar-refractivity contribution in [1.29, 1.82) is 0 Å². The van der Waals surface area contributed by atoms with Crippen molar-refractivity contribution in [2.75, 3.05) is 12.0 Å². The Labute approximate surface area is 136 Å². The van der Waals surface area contributed by atoms with Crippen LogP contribution in [0.2, 0.25) is 0 Å². The third-order valence-corrected chi connectivity index (χ3v) is 3.42. The molecule has 2 rings (SSSR count). The predicted molar refractivity (Wildman–Crippen MR) is 81.0 cm³/mol. The SMILES string of the molecule is COC(F)(C(=O)N(Cc1ccccc1)c1ccccc1)C(F)(F)F. The fourth-order valence-electron chi connectivity index (χ4n) is 2.15. The van der Waals surface area contributed by atoms with Gasteiger partial charge in [0.25, 0.3) is 0 Å². The summed E-state index contributed by atoms with van der Waals surface area (Å²) in [4.78, 5) is 13.1. The minimum atomic E-state index is -5.50. The summed E-state index contributed by atoms with van der Waals surface area (Å²) in [6.45, 7) is -0.227. The molecule has 2 aromatic rings. The summed E-state index contributed by atoms with van der Waals surface area (Å²) in [6, 6.07) is 15.9. The minimum absolute atomic E-state index is 0.134. The maximum absolute atomic E-state index is 14.3. The van der Waals surface area contributed by atoms with E-state index in [2.05, 4.69) is 4.74 Å². The molecule has 0 radical (unpaired) electrons. The number of para-hydroxylation sites is 1. The molecule has 1 atom stereocenters. The van der Waals surface area contributed by atoms with Crippen LogP contribution in [0, 0.1) is 0 Å². The molecule has 2 aromatic carbocycles. The van der Waals surface area contributed by atoms with Gasteiger partial charge >= 0.3 is 17.9 Å². The monoisotopic (exact) mass is 341 g/mol. The number of benzene rings is 2. The molecule has 1 amide bonds. The molecule has 0 spiro atoms. The van der Waals surface area contributed by atoms with Gasteiger partial charge in [0.05, 0.1) is 6.54 Å². The number of ether oxygens (including phenoxy) is 1. The summed E-state index contributed by atoms with van der Waals surface area (Å²) in [7, 11) is 0.511. The summed E-state index contributed by atoms with van der Waals surface area (Å²) in [5.74, 6) is -6.25. The molecular weight excluding hydrogens is 326 g/mol. The number of carbonyl (C=O) groups excluding carboxylic acids is 1. The maximum atomic E-state index is 14.3. The van der Waals surface area contributed by atoms with Crippen LogP contribution in [0.5, 0.6) is 0 Å². The molecule has 0 aliphatic heterocycles. The van der Waals surface area contributed by atoms with E-state index in [-0.39, 0.29) is 12.2 Å². The van der Waals surface area contributed by atoms with Gasteiger partial charge in [-0.3, -0.25) is 4.79 Å². The number of methoxy groups -OCH3 is 1. The van der Waals surface area contributed by atoms with Crippen molar-refractivity contribution in [3.8, 4) is 0 Å². The molecule has 1 unspecified atom stereocenters. The molecule has 0 heterocycles. The van der Waals surface area contributed by atoms with Crippen LogP contribution in [0.25, 0.3) is 0 Å². The summed E-state index contributed by atoms with van der Waals surface area (Å²) >= 11 is 0. The van der Waals surface area contributed by atoms with E-state index in [4.69, 9.17) is 0 Å². The summed E-state index contributed by atoms with van der Waals surface area (Å²) in [5, 5.41) is 0. The van der Waals surface area contributed by atoms with Crippen molar-refractivity contribution in [2.45, 2.75) is 18.6 Å². The lowest BCUT2D eigenvalue weighted by molar-refractivity contribution is -0.306. The van der Waals surface area contributed by atoms with Gasteiger partial charge in [-0.25, -0.2) is 0 Å². The quantitative estimate of drug-likeness (QED) is 0.767. The van der Waals surface area contributed by atoms with Gasteiger partial charge in [-0.1, -0.05) is 48.5 Å². The van der Waals surface area contributed by atoms with Crippen molar-refractivity contribution in [3.63, 3.8) is 0 Å². The number of halogens is 4. The summed E-state index contributed by atoms with van der Waals surface area (Å²) < 4.78 is 57.3. The van der Waals surface area contributed by atoms with Gasteiger partial charge in [-0.15, -0.1) is 0 Å². The highest BCUT2D eigenvalue weighted by atomic mass is 19.4. The number of nitrogens with zero attached hydrogens (tertiary/aromatic N) is 1. The second kappa shape index (κ2) is 7.00. The Hall–Kier alpha value is -2.41. The first kappa shape index (κ1) is 17.9. The van der Waals surface area contributed by atoms with E-state index in [0.717, 1.165) is 0 Å². The molecule has 0 aliphatic rings. The zero-order valence-electron chi connectivity index (χ0n) is 12.8. The second-order valence-corrected chi connectivity index (χ2v) is 5.01. The molecule has 0 aliphatic carbocycles. The number of amides is 1. The van der Waals surface area contributed by atoms with Crippen LogP contribution in [0.1, 0.15) is 5.56 Å². The predicted octanol–water partition coefficient (Wildman–Crippen LogP) is 4.09. The van der Waals surface area contributed by atoms with Crippen LogP contribution in [-0.2, 0) is 16.1 Å². The summed E-state index contributed by atoms with van der Waals surface area (Å²) in [5.41, 5.74) is 0.685. The number of carbonyl (C=O) groups is 1. The second-order valence-electron chi connectivity index (χ2n) is 5.01. The molecule has 0 saturated heterocycles. The van der Waals surface area contributed by atoms with Gasteiger partial charge in [0.15, 0.2) is 0 Å². The van der Waals surface area contributed by atoms with E-state index < -0.39 is 17.9 Å². The Morgan fingerprint density at radius 2 is 1.46 bits per heavy atom. The number of rotatable bonds is 5. The van der Waals surface area contributed by atoms with E-state index in [9.17, 15) is 22.4 Å². The Kier molecular flexibility index (Phi) is 5.23. The lowest BCUT2D eigenvalue weighted by atomic mass is 10.1. The molecule has 0 bridgehead atoms. The lowest BCUT2D eigenvalue weighted by Crippen LogP contribution is -2.56. The molecule has 0 N–H and O–H groups in total. The van der Waals surface area contributed by atoms with Crippen LogP contribution < -0.4 is 4.90 Å². The van der Waals surface area contributed by atoms with Gasteiger partial charge < -0.3 is 9.64 Å². The van der Waals surface area contributed by atoms with E-state index in [1.54, 1.807) is 48.5 Å². The van der Waals surface area contributed by atoms with Crippen molar-refractivity contribution in [2.24, 2.45) is 0 Å². The highest BCUT2D eigenvalue weighted by molar-refractivity contribution is 5.99. The number of alkyl halides is 4. The van der Waals surface area contributed by atoms with Crippen molar-refractivity contribution < 1.29 is 27.1 Å². The first-order chi connectivity index (χ1) is 11.3. The van der Waals surface area contributed by atoms with E-state index in [1.807, 2.05) is 0 Å².